The van der Waals surface area contributed by atoms with E-state index < -0.39 is 0 Å². The van der Waals surface area contributed by atoms with Gasteiger partial charge in [0.15, 0.2) is 0 Å². The predicted molar refractivity (Wildman–Crippen MR) is 92.8 cm³/mol. The maximum absolute atomic E-state index is 4.49. The van der Waals surface area contributed by atoms with Crippen molar-refractivity contribution in [2.24, 2.45) is 5.92 Å². The average molecular weight is 291 g/mol. The number of nitrogens with one attached hydrogen (secondary N) is 1. The van der Waals surface area contributed by atoms with Crippen LogP contribution in [-0.4, -0.2) is 23.6 Å². The highest BCUT2D eigenvalue weighted by Gasteiger charge is 2.17. The maximum Gasteiger partial charge on any atom is 0.0562 e. The van der Waals surface area contributed by atoms with Gasteiger partial charge in [-0.3, -0.25) is 4.98 Å². The Hall–Kier alpha value is -1.09. The molecular formula is C18H33N3. The van der Waals surface area contributed by atoms with E-state index in [1.807, 2.05) is 6.20 Å². The fourth-order valence-corrected chi connectivity index (χ4v) is 2.64. The third-order valence-corrected chi connectivity index (χ3v) is 3.77. The summed E-state index contributed by atoms with van der Waals surface area (Å²) in [6, 6.07) is 5.50. The zero-order chi connectivity index (χ0) is 15.8. The van der Waals surface area contributed by atoms with Crippen LogP contribution in [-0.2, 0) is 6.54 Å². The van der Waals surface area contributed by atoms with Crippen LogP contribution in [0.15, 0.2) is 18.3 Å². The summed E-state index contributed by atoms with van der Waals surface area (Å²) in [7, 11) is 0. The van der Waals surface area contributed by atoms with Crippen LogP contribution in [0.3, 0.4) is 0 Å². The first-order valence-corrected chi connectivity index (χ1v) is 8.42. The maximum atomic E-state index is 4.49. The molecule has 1 N–H and O–H groups in total. The van der Waals surface area contributed by atoms with Crippen LogP contribution in [0.5, 0.6) is 0 Å². The second kappa shape index (κ2) is 9.04. The topological polar surface area (TPSA) is 28.2 Å². The highest BCUT2D eigenvalue weighted by molar-refractivity contribution is 5.47. The van der Waals surface area contributed by atoms with Crippen molar-refractivity contribution in [2.75, 3.05) is 11.4 Å². The molecule has 0 saturated carbocycles. The molecule has 1 aromatic heterocycles. The molecule has 0 aliphatic heterocycles. The molecule has 0 aliphatic carbocycles. The van der Waals surface area contributed by atoms with E-state index in [-0.39, 0.29) is 0 Å². The van der Waals surface area contributed by atoms with Gasteiger partial charge in [0.2, 0.25) is 0 Å². The number of pyridine rings is 1. The minimum Gasteiger partial charge on any atom is -0.368 e. The van der Waals surface area contributed by atoms with Gasteiger partial charge in [-0.25, -0.2) is 0 Å². The fourth-order valence-electron chi connectivity index (χ4n) is 2.64. The van der Waals surface area contributed by atoms with Crippen molar-refractivity contribution in [3.05, 3.63) is 24.0 Å². The Labute approximate surface area is 131 Å². The monoisotopic (exact) mass is 291 g/mol. The summed E-state index contributed by atoms with van der Waals surface area (Å²) in [6.45, 7) is 15.4. The second-order valence-electron chi connectivity index (χ2n) is 6.56. The van der Waals surface area contributed by atoms with E-state index >= 15 is 0 Å². The van der Waals surface area contributed by atoms with Crippen molar-refractivity contribution in [3.63, 3.8) is 0 Å². The molecule has 3 heteroatoms. The van der Waals surface area contributed by atoms with Gasteiger partial charge >= 0.3 is 0 Å². The van der Waals surface area contributed by atoms with Gasteiger partial charge in [0.25, 0.3) is 0 Å². The van der Waals surface area contributed by atoms with E-state index in [4.69, 9.17) is 0 Å². The molecule has 0 bridgehead atoms. The highest BCUT2D eigenvalue weighted by atomic mass is 15.2. The van der Waals surface area contributed by atoms with Crippen LogP contribution >= 0.6 is 0 Å². The molecule has 120 valence electrons. The molecule has 0 unspecified atom stereocenters. The van der Waals surface area contributed by atoms with Gasteiger partial charge in [0.05, 0.1) is 5.69 Å². The third-order valence-electron chi connectivity index (χ3n) is 3.77. The molecule has 3 nitrogen and oxygen atoms in total. The van der Waals surface area contributed by atoms with E-state index in [2.05, 4.69) is 68.9 Å². The quantitative estimate of drug-likeness (QED) is 0.738. The number of nitrogens with zero attached hydrogens (tertiary/aromatic N) is 2. The summed E-state index contributed by atoms with van der Waals surface area (Å²) in [5, 5.41) is 3.44. The lowest BCUT2D eigenvalue weighted by molar-refractivity contribution is 0.507. The molecule has 1 rings (SSSR count). The zero-order valence-electron chi connectivity index (χ0n) is 14.7. The lowest BCUT2D eigenvalue weighted by Crippen LogP contribution is -2.37. The van der Waals surface area contributed by atoms with Gasteiger partial charge in [-0.2, -0.15) is 0 Å². The van der Waals surface area contributed by atoms with E-state index in [1.54, 1.807) is 0 Å². The molecule has 0 amide bonds. The van der Waals surface area contributed by atoms with Gasteiger partial charge in [0, 0.05) is 37.1 Å². The predicted octanol–water partition coefficient (Wildman–Crippen LogP) is 4.23. The minimum absolute atomic E-state index is 0.487. The van der Waals surface area contributed by atoms with Crippen LogP contribution < -0.4 is 10.2 Å². The van der Waals surface area contributed by atoms with E-state index in [9.17, 15) is 0 Å². The number of anilines is 1. The first kappa shape index (κ1) is 18.0. The summed E-state index contributed by atoms with van der Waals surface area (Å²) >= 11 is 0. The molecule has 0 aromatic carbocycles. The molecular weight excluding hydrogens is 258 g/mol. The van der Waals surface area contributed by atoms with Gasteiger partial charge in [0.1, 0.15) is 0 Å². The molecule has 0 fully saturated rings. The molecule has 21 heavy (non-hydrogen) atoms. The third kappa shape index (κ3) is 6.04. The molecule has 0 saturated heterocycles. The summed E-state index contributed by atoms with van der Waals surface area (Å²) in [4.78, 5) is 7.06. The summed E-state index contributed by atoms with van der Waals surface area (Å²) in [6.07, 6.45) is 4.32. The van der Waals surface area contributed by atoms with Crippen LogP contribution in [0.4, 0.5) is 5.69 Å². The number of aromatic nitrogens is 1. The Kier molecular flexibility index (Phi) is 7.73. The molecule has 1 aromatic rings. The molecule has 1 heterocycles. The van der Waals surface area contributed by atoms with E-state index in [1.165, 1.54) is 18.5 Å². The Morgan fingerprint density at radius 3 is 2.33 bits per heavy atom. The smallest absolute Gasteiger partial charge is 0.0562 e. The lowest BCUT2D eigenvalue weighted by Gasteiger charge is -2.34. The molecule has 0 radical (unpaired) electrons. The Morgan fingerprint density at radius 1 is 1.14 bits per heavy atom. The number of hydrogen-bond acceptors (Lipinski definition) is 3. The fraction of sp³-hybridized carbons (Fsp3) is 0.722. The van der Waals surface area contributed by atoms with Crippen molar-refractivity contribution in [1.82, 2.24) is 10.3 Å². The van der Waals surface area contributed by atoms with Crippen LogP contribution in [0, 0.1) is 5.92 Å². The minimum atomic E-state index is 0.487. The van der Waals surface area contributed by atoms with Crippen molar-refractivity contribution in [2.45, 2.75) is 73.0 Å². The van der Waals surface area contributed by atoms with Gasteiger partial charge < -0.3 is 10.2 Å². The largest absolute Gasteiger partial charge is 0.368 e. The standard InChI is InChI=1S/C18H33N3/c1-7-17(8-2)21(13-14(3)4)18-9-10-19-16(11-18)12-20-15(5)6/h9-11,14-15,17,20H,7-8,12-13H2,1-6H3. The van der Waals surface area contributed by atoms with Crippen molar-refractivity contribution >= 4 is 5.69 Å². The summed E-state index contributed by atoms with van der Waals surface area (Å²) in [5.41, 5.74) is 2.44. The SMILES string of the molecule is CCC(CC)N(CC(C)C)c1ccnc(CNC(C)C)c1. The van der Waals surface area contributed by atoms with Crippen molar-refractivity contribution in [1.29, 1.82) is 0 Å². The Morgan fingerprint density at radius 2 is 1.81 bits per heavy atom. The van der Waals surface area contributed by atoms with Gasteiger partial charge in [-0.1, -0.05) is 41.5 Å². The lowest BCUT2D eigenvalue weighted by atomic mass is 10.1. The average Bonchev–Trinajstić information content (AvgIpc) is 2.45. The normalized spacial score (nSPS) is 11.7. The second-order valence-corrected chi connectivity index (χ2v) is 6.56. The first-order valence-electron chi connectivity index (χ1n) is 8.42. The van der Waals surface area contributed by atoms with Crippen LogP contribution in [0.25, 0.3) is 0 Å². The Balaban J connectivity index is 2.93. The van der Waals surface area contributed by atoms with Gasteiger partial charge in [-0.15, -0.1) is 0 Å². The Bertz CT molecular complexity index is 397. The van der Waals surface area contributed by atoms with Crippen LogP contribution in [0.1, 0.15) is 60.1 Å². The van der Waals surface area contributed by atoms with Gasteiger partial charge in [-0.05, 0) is 30.9 Å². The number of rotatable bonds is 9. The van der Waals surface area contributed by atoms with E-state index in [0.29, 0.717) is 18.0 Å². The highest BCUT2D eigenvalue weighted by Crippen LogP contribution is 2.22. The molecule has 0 atom stereocenters. The first-order chi connectivity index (χ1) is 9.97. The van der Waals surface area contributed by atoms with E-state index in [0.717, 1.165) is 18.8 Å². The van der Waals surface area contributed by atoms with Crippen LogP contribution in [0.2, 0.25) is 0 Å². The van der Waals surface area contributed by atoms with Crippen molar-refractivity contribution < 1.29 is 0 Å². The summed E-state index contributed by atoms with van der Waals surface area (Å²) in [5.74, 6) is 0.663. The molecule has 0 spiro atoms. The number of hydrogen-bond donors (Lipinski definition) is 1. The zero-order valence-corrected chi connectivity index (χ0v) is 14.7. The molecule has 0 aliphatic rings. The summed E-state index contributed by atoms with van der Waals surface area (Å²) < 4.78 is 0. The van der Waals surface area contributed by atoms with Crippen molar-refractivity contribution in [3.8, 4) is 0 Å².